The second kappa shape index (κ2) is 8.05. The van der Waals surface area contributed by atoms with E-state index in [0.717, 1.165) is 34.8 Å². The van der Waals surface area contributed by atoms with Crippen LogP contribution < -0.4 is 5.32 Å². The average Bonchev–Trinajstić information content (AvgIpc) is 3.10. The van der Waals surface area contributed by atoms with Crippen molar-refractivity contribution in [2.45, 2.75) is 27.4 Å². The summed E-state index contributed by atoms with van der Waals surface area (Å²) in [6.07, 6.45) is 3.64. The fourth-order valence-electron chi connectivity index (χ4n) is 3.19. The number of aliphatic hydroxyl groups excluding tert-OH is 1. The second-order valence-corrected chi connectivity index (χ2v) is 8.80. The van der Waals surface area contributed by atoms with Gasteiger partial charge < -0.3 is 10.4 Å². The third-order valence-electron chi connectivity index (χ3n) is 4.68. The molecule has 3 aromatic heterocycles. The van der Waals surface area contributed by atoms with Crippen LogP contribution in [-0.4, -0.2) is 31.0 Å². The van der Waals surface area contributed by atoms with Crippen LogP contribution in [0.25, 0.3) is 28.3 Å². The van der Waals surface area contributed by atoms with E-state index in [1.165, 1.54) is 0 Å². The summed E-state index contributed by atoms with van der Waals surface area (Å²) in [5.41, 5.74) is 4.73. The number of anilines is 1. The highest BCUT2D eigenvalue weighted by Gasteiger charge is 2.20. The van der Waals surface area contributed by atoms with Crippen molar-refractivity contribution in [3.63, 3.8) is 0 Å². The minimum absolute atomic E-state index is 0.0471. The van der Waals surface area contributed by atoms with Gasteiger partial charge in [0, 0.05) is 24.5 Å². The van der Waals surface area contributed by atoms with E-state index < -0.39 is 0 Å². The molecule has 2 N–H and O–H groups in total. The molecule has 0 aliphatic heterocycles. The lowest BCUT2D eigenvalue weighted by Gasteiger charge is -2.18. The third-order valence-corrected chi connectivity index (χ3v) is 5.01. The molecular weight excluding hydrogens is 398 g/mol. The monoisotopic (exact) mass is 421 g/mol. The summed E-state index contributed by atoms with van der Waals surface area (Å²) < 4.78 is 1.97. The lowest BCUT2D eigenvalue weighted by Crippen LogP contribution is -2.20. The summed E-state index contributed by atoms with van der Waals surface area (Å²) in [7, 11) is 0. The normalized spacial score (nSPS) is 11.8. The van der Waals surface area contributed by atoms with Crippen molar-refractivity contribution in [1.29, 1.82) is 0 Å². The van der Waals surface area contributed by atoms with Crippen molar-refractivity contribution in [2.24, 2.45) is 5.41 Å². The van der Waals surface area contributed by atoms with Crippen LogP contribution in [-0.2, 0) is 6.61 Å². The molecular formula is C23H24ClN5O. The van der Waals surface area contributed by atoms with Gasteiger partial charge in [-0.15, -0.1) is 0 Å². The summed E-state index contributed by atoms with van der Waals surface area (Å²) >= 11 is 6.50. The van der Waals surface area contributed by atoms with Crippen LogP contribution in [0, 0.1) is 5.41 Å². The largest absolute Gasteiger partial charge is 0.392 e. The maximum atomic E-state index is 9.53. The molecule has 0 amide bonds. The highest BCUT2D eigenvalue weighted by molar-refractivity contribution is 6.33. The molecule has 1 aromatic carbocycles. The van der Waals surface area contributed by atoms with Gasteiger partial charge in [0.15, 0.2) is 0 Å². The molecule has 0 radical (unpaired) electrons. The van der Waals surface area contributed by atoms with Gasteiger partial charge in [0.05, 0.1) is 23.0 Å². The fraction of sp³-hybridized carbons (Fsp3) is 0.261. The molecule has 0 aliphatic carbocycles. The first kappa shape index (κ1) is 20.3. The smallest absolute Gasteiger partial charge is 0.223 e. The molecule has 3 heterocycles. The lowest BCUT2D eigenvalue weighted by molar-refractivity contribution is 0.282. The molecule has 4 rings (SSSR count). The lowest BCUT2D eigenvalue weighted by atomic mass is 9.97. The van der Waals surface area contributed by atoms with Crippen LogP contribution in [0.4, 0.5) is 5.95 Å². The number of rotatable bonds is 5. The maximum Gasteiger partial charge on any atom is 0.223 e. The molecule has 0 aliphatic rings. The summed E-state index contributed by atoms with van der Waals surface area (Å²) in [4.78, 5) is 14.0. The van der Waals surface area contributed by atoms with Gasteiger partial charge in [-0.05, 0) is 35.2 Å². The SMILES string of the molecule is CC(C)(C)CNc1nccc(-c2c(-c3ccccc3Cl)nc3cc(CO)ccn23)n1. The number of hydrogen-bond acceptors (Lipinski definition) is 5. The van der Waals surface area contributed by atoms with E-state index >= 15 is 0 Å². The number of fused-ring (bicyclic) bond motifs is 1. The van der Waals surface area contributed by atoms with Gasteiger partial charge in [0.2, 0.25) is 5.95 Å². The van der Waals surface area contributed by atoms with Gasteiger partial charge in [-0.3, -0.25) is 4.40 Å². The van der Waals surface area contributed by atoms with E-state index in [9.17, 15) is 5.11 Å². The number of pyridine rings is 1. The summed E-state index contributed by atoms with van der Waals surface area (Å²) in [5, 5.41) is 13.5. The Morgan fingerprint density at radius 1 is 1.10 bits per heavy atom. The molecule has 0 spiro atoms. The van der Waals surface area contributed by atoms with E-state index in [0.29, 0.717) is 16.6 Å². The minimum atomic E-state index is -0.0471. The number of aliphatic hydroxyl groups is 1. The Balaban J connectivity index is 1.89. The van der Waals surface area contributed by atoms with Crippen molar-refractivity contribution in [2.75, 3.05) is 11.9 Å². The summed E-state index contributed by atoms with van der Waals surface area (Å²) in [6.45, 7) is 7.17. The molecule has 0 atom stereocenters. The molecule has 154 valence electrons. The number of aromatic nitrogens is 4. The van der Waals surface area contributed by atoms with Gasteiger partial charge in [0.1, 0.15) is 11.3 Å². The molecule has 0 fully saturated rings. The Hall–Kier alpha value is -2.96. The van der Waals surface area contributed by atoms with Crippen molar-refractivity contribution in [1.82, 2.24) is 19.4 Å². The number of nitrogens with one attached hydrogen (secondary N) is 1. The van der Waals surface area contributed by atoms with Gasteiger partial charge in [-0.2, -0.15) is 0 Å². The Kier molecular flexibility index (Phi) is 5.45. The van der Waals surface area contributed by atoms with E-state index in [1.54, 1.807) is 6.20 Å². The second-order valence-electron chi connectivity index (χ2n) is 8.39. The highest BCUT2D eigenvalue weighted by Crippen LogP contribution is 2.35. The zero-order valence-corrected chi connectivity index (χ0v) is 18.0. The average molecular weight is 422 g/mol. The zero-order chi connectivity index (χ0) is 21.3. The Morgan fingerprint density at radius 3 is 2.63 bits per heavy atom. The minimum Gasteiger partial charge on any atom is -0.392 e. The quantitative estimate of drug-likeness (QED) is 0.471. The standard InChI is InChI=1S/C23H24ClN5O/c1-23(2,3)14-26-22-25-10-8-18(27-22)21-20(16-6-4-5-7-17(16)24)28-19-12-15(13-30)9-11-29(19)21/h4-12,30H,13-14H2,1-3H3,(H,25,26,27). The van der Waals surface area contributed by atoms with Crippen molar-refractivity contribution < 1.29 is 5.11 Å². The number of nitrogens with zero attached hydrogens (tertiary/aromatic N) is 4. The first-order chi connectivity index (χ1) is 14.4. The van der Waals surface area contributed by atoms with Crippen LogP contribution in [0.3, 0.4) is 0 Å². The van der Waals surface area contributed by atoms with Crippen LogP contribution >= 0.6 is 11.6 Å². The molecule has 0 saturated heterocycles. The topological polar surface area (TPSA) is 75.3 Å². The maximum absolute atomic E-state index is 9.53. The van der Waals surface area contributed by atoms with Crippen LogP contribution in [0.1, 0.15) is 26.3 Å². The van der Waals surface area contributed by atoms with Gasteiger partial charge in [0.25, 0.3) is 0 Å². The molecule has 7 heteroatoms. The van der Waals surface area contributed by atoms with E-state index in [2.05, 4.69) is 31.1 Å². The zero-order valence-electron chi connectivity index (χ0n) is 17.2. The molecule has 0 saturated carbocycles. The summed E-state index contributed by atoms with van der Waals surface area (Å²) in [5.74, 6) is 0.564. The number of imidazole rings is 1. The highest BCUT2D eigenvalue weighted by atomic mass is 35.5. The van der Waals surface area contributed by atoms with Crippen molar-refractivity contribution >= 4 is 23.2 Å². The Morgan fingerprint density at radius 2 is 1.90 bits per heavy atom. The van der Waals surface area contributed by atoms with Gasteiger partial charge in [-0.1, -0.05) is 50.6 Å². The van der Waals surface area contributed by atoms with Gasteiger partial charge in [-0.25, -0.2) is 15.0 Å². The number of hydrogen-bond donors (Lipinski definition) is 2. The first-order valence-corrected chi connectivity index (χ1v) is 10.2. The fourth-order valence-corrected chi connectivity index (χ4v) is 3.42. The summed E-state index contributed by atoms with van der Waals surface area (Å²) in [6, 6.07) is 13.2. The number of halogens is 1. The van der Waals surface area contributed by atoms with Crippen LogP contribution in [0.2, 0.25) is 5.02 Å². The Bertz CT molecular complexity index is 1200. The van der Waals surface area contributed by atoms with Gasteiger partial charge >= 0.3 is 0 Å². The molecule has 4 aromatic rings. The number of benzene rings is 1. The van der Waals surface area contributed by atoms with Crippen LogP contribution in [0.15, 0.2) is 54.9 Å². The van der Waals surface area contributed by atoms with E-state index in [-0.39, 0.29) is 12.0 Å². The molecule has 0 unspecified atom stereocenters. The van der Waals surface area contributed by atoms with E-state index in [1.807, 2.05) is 53.1 Å². The predicted molar refractivity (Wildman–Crippen MR) is 121 cm³/mol. The van der Waals surface area contributed by atoms with Crippen LogP contribution in [0.5, 0.6) is 0 Å². The molecule has 6 nitrogen and oxygen atoms in total. The van der Waals surface area contributed by atoms with Crippen molar-refractivity contribution in [3.8, 4) is 22.6 Å². The first-order valence-electron chi connectivity index (χ1n) is 9.80. The third kappa shape index (κ3) is 4.15. The molecule has 30 heavy (non-hydrogen) atoms. The van der Waals surface area contributed by atoms with Crippen molar-refractivity contribution in [3.05, 3.63) is 65.4 Å². The predicted octanol–water partition coefficient (Wildman–Crippen LogP) is 5.06. The molecule has 0 bridgehead atoms. The van der Waals surface area contributed by atoms with E-state index in [4.69, 9.17) is 21.6 Å². The Labute approximate surface area is 180 Å².